The van der Waals surface area contributed by atoms with Gasteiger partial charge in [0.2, 0.25) is 11.8 Å². The topological polar surface area (TPSA) is 75.4 Å². The molecule has 0 heterocycles. The molecule has 0 spiro atoms. The summed E-state index contributed by atoms with van der Waals surface area (Å²) in [6.07, 6.45) is 6.99. The second kappa shape index (κ2) is 6.77. The van der Waals surface area contributed by atoms with E-state index in [1.54, 1.807) is 19.0 Å². The first kappa shape index (κ1) is 16.3. The van der Waals surface area contributed by atoms with E-state index in [1.807, 2.05) is 0 Å². The van der Waals surface area contributed by atoms with Crippen LogP contribution in [0.3, 0.4) is 0 Å². The lowest BCUT2D eigenvalue weighted by atomic mass is 9.84. The summed E-state index contributed by atoms with van der Waals surface area (Å²) in [6, 6.07) is 0. The van der Waals surface area contributed by atoms with Gasteiger partial charge in [-0.3, -0.25) is 9.59 Å². The third-order valence-corrected chi connectivity index (χ3v) is 5.32. The van der Waals surface area contributed by atoms with Crippen molar-refractivity contribution < 1.29 is 9.59 Å². The number of nitrogens with zero attached hydrogens (tertiary/aromatic N) is 1. The summed E-state index contributed by atoms with van der Waals surface area (Å²) in [6.45, 7) is 1.07. The van der Waals surface area contributed by atoms with Crippen molar-refractivity contribution in [3.05, 3.63) is 0 Å². The molecular formula is C16H29N3O2. The van der Waals surface area contributed by atoms with Crippen LogP contribution in [0.1, 0.15) is 44.9 Å². The van der Waals surface area contributed by atoms with Crippen molar-refractivity contribution in [1.82, 2.24) is 10.2 Å². The lowest BCUT2D eigenvalue weighted by molar-refractivity contribution is -0.139. The Hall–Kier alpha value is -1.10. The fraction of sp³-hybridized carbons (Fsp3) is 0.875. The number of rotatable bonds is 5. The van der Waals surface area contributed by atoms with Crippen LogP contribution in [0.2, 0.25) is 0 Å². The fourth-order valence-corrected chi connectivity index (χ4v) is 4.04. The van der Waals surface area contributed by atoms with Gasteiger partial charge in [0, 0.05) is 26.6 Å². The van der Waals surface area contributed by atoms with Gasteiger partial charge >= 0.3 is 0 Å². The summed E-state index contributed by atoms with van der Waals surface area (Å²) in [5, 5.41) is 3.07. The molecule has 0 saturated heterocycles. The maximum atomic E-state index is 12.5. The maximum Gasteiger partial charge on any atom is 0.230 e. The molecule has 0 aromatic rings. The highest BCUT2D eigenvalue weighted by molar-refractivity contribution is 5.84. The molecule has 5 heteroatoms. The van der Waals surface area contributed by atoms with E-state index in [0.29, 0.717) is 19.0 Å². The van der Waals surface area contributed by atoms with Gasteiger partial charge in [-0.05, 0) is 38.1 Å². The highest BCUT2D eigenvalue weighted by Crippen LogP contribution is 2.39. The Kier molecular flexibility index (Phi) is 5.25. The predicted molar refractivity (Wildman–Crippen MR) is 82.5 cm³/mol. The average molecular weight is 295 g/mol. The van der Waals surface area contributed by atoms with E-state index in [2.05, 4.69) is 5.32 Å². The summed E-state index contributed by atoms with van der Waals surface area (Å²) in [4.78, 5) is 26.6. The van der Waals surface area contributed by atoms with Crippen LogP contribution < -0.4 is 11.1 Å². The quantitative estimate of drug-likeness (QED) is 0.798. The predicted octanol–water partition coefficient (Wildman–Crippen LogP) is 1.13. The lowest BCUT2D eigenvalue weighted by Gasteiger charge is -2.31. The number of hydrogen-bond donors (Lipinski definition) is 2. The van der Waals surface area contributed by atoms with Crippen LogP contribution in [-0.4, -0.2) is 43.9 Å². The van der Waals surface area contributed by atoms with E-state index in [1.165, 1.54) is 0 Å². The largest absolute Gasteiger partial charge is 0.355 e. The van der Waals surface area contributed by atoms with Gasteiger partial charge in [-0.25, -0.2) is 0 Å². The van der Waals surface area contributed by atoms with E-state index >= 15 is 0 Å². The Morgan fingerprint density at radius 3 is 2.43 bits per heavy atom. The van der Waals surface area contributed by atoms with Crippen LogP contribution in [0, 0.1) is 17.3 Å². The summed E-state index contributed by atoms with van der Waals surface area (Å²) >= 11 is 0. The van der Waals surface area contributed by atoms with Gasteiger partial charge in [0.25, 0.3) is 0 Å². The summed E-state index contributed by atoms with van der Waals surface area (Å²) < 4.78 is 0. The van der Waals surface area contributed by atoms with Crippen LogP contribution in [-0.2, 0) is 9.59 Å². The maximum absolute atomic E-state index is 12.5. The molecule has 2 fully saturated rings. The second-order valence-corrected chi connectivity index (χ2v) is 6.94. The molecule has 2 amide bonds. The first-order chi connectivity index (χ1) is 10.00. The minimum Gasteiger partial charge on any atom is -0.355 e. The standard InChI is InChI=1S/C16H29N3O2/c1-19(2)15(21)16(8-3-4-9-16)11-18-14(20)13-7-5-6-12(13)10-17/h12-13H,3-11,17H2,1-2H3,(H,18,20)/t12-,13-/m1/s1. The first-order valence-electron chi connectivity index (χ1n) is 8.20. The molecule has 2 saturated carbocycles. The number of nitrogens with one attached hydrogen (secondary N) is 1. The van der Waals surface area contributed by atoms with Crippen LogP contribution in [0.25, 0.3) is 0 Å². The zero-order chi connectivity index (χ0) is 15.5. The zero-order valence-corrected chi connectivity index (χ0v) is 13.4. The monoisotopic (exact) mass is 295 g/mol. The van der Waals surface area contributed by atoms with Crippen LogP contribution in [0.4, 0.5) is 0 Å². The second-order valence-electron chi connectivity index (χ2n) is 6.94. The Morgan fingerprint density at radius 2 is 1.86 bits per heavy atom. The SMILES string of the molecule is CN(C)C(=O)C1(CNC(=O)[C@@H]2CCC[C@@H]2CN)CCCC1. The molecule has 0 radical (unpaired) electrons. The van der Waals surface area contributed by atoms with Crippen molar-refractivity contribution in [2.24, 2.45) is 23.0 Å². The van der Waals surface area contributed by atoms with Crippen molar-refractivity contribution >= 4 is 11.8 Å². The number of carbonyl (C=O) groups is 2. The first-order valence-corrected chi connectivity index (χ1v) is 8.20. The van der Waals surface area contributed by atoms with Gasteiger partial charge in [0.05, 0.1) is 5.41 Å². The molecule has 3 N–H and O–H groups in total. The van der Waals surface area contributed by atoms with Crippen LogP contribution in [0.15, 0.2) is 0 Å². The van der Waals surface area contributed by atoms with Gasteiger partial charge < -0.3 is 16.0 Å². The average Bonchev–Trinajstić information content (AvgIpc) is 3.13. The molecule has 5 nitrogen and oxygen atoms in total. The molecule has 2 aliphatic carbocycles. The highest BCUT2D eigenvalue weighted by Gasteiger charge is 2.43. The van der Waals surface area contributed by atoms with Gasteiger partial charge in [-0.1, -0.05) is 19.3 Å². The van der Waals surface area contributed by atoms with Gasteiger partial charge in [0.1, 0.15) is 0 Å². The van der Waals surface area contributed by atoms with Crippen molar-refractivity contribution in [2.45, 2.75) is 44.9 Å². The summed E-state index contributed by atoms with van der Waals surface area (Å²) in [7, 11) is 3.59. The Labute approximate surface area is 127 Å². The number of amides is 2. The zero-order valence-electron chi connectivity index (χ0n) is 13.4. The molecule has 0 aromatic carbocycles. The van der Waals surface area contributed by atoms with E-state index in [0.717, 1.165) is 44.9 Å². The molecule has 2 aliphatic rings. The summed E-state index contributed by atoms with van der Waals surface area (Å²) in [5.74, 6) is 0.611. The normalized spacial score (nSPS) is 27.6. The van der Waals surface area contributed by atoms with E-state index < -0.39 is 0 Å². The molecule has 0 unspecified atom stereocenters. The molecule has 0 bridgehead atoms. The molecule has 120 valence electrons. The smallest absolute Gasteiger partial charge is 0.230 e. The number of carbonyl (C=O) groups excluding carboxylic acids is 2. The Morgan fingerprint density at radius 1 is 1.19 bits per heavy atom. The molecule has 2 atom stereocenters. The Bertz CT molecular complexity index is 389. The van der Waals surface area contributed by atoms with Crippen molar-refractivity contribution in [1.29, 1.82) is 0 Å². The molecule has 0 aliphatic heterocycles. The van der Waals surface area contributed by atoms with E-state index in [-0.39, 0.29) is 23.1 Å². The molecule has 0 aromatic heterocycles. The van der Waals surface area contributed by atoms with Crippen molar-refractivity contribution in [3.63, 3.8) is 0 Å². The minimum absolute atomic E-state index is 0.0444. The fourth-order valence-electron chi connectivity index (χ4n) is 4.04. The summed E-state index contributed by atoms with van der Waals surface area (Å²) in [5.41, 5.74) is 5.37. The van der Waals surface area contributed by atoms with Gasteiger partial charge in [0.15, 0.2) is 0 Å². The molecule has 21 heavy (non-hydrogen) atoms. The van der Waals surface area contributed by atoms with Crippen LogP contribution in [0.5, 0.6) is 0 Å². The van der Waals surface area contributed by atoms with Crippen LogP contribution >= 0.6 is 0 Å². The van der Waals surface area contributed by atoms with E-state index in [4.69, 9.17) is 5.73 Å². The molecule has 2 rings (SSSR count). The molecular weight excluding hydrogens is 266 g/mol. The highest BCUT2D eigenvalue weighted by atomic mass is 16.2. The van der Waals surface area contributed by atoms with Gasteiger partial charge in [-0.2, -0.15) is 0 Å². The van der Waals surface area contributed by atoms with Gasteiger partial charge in [-0.15, -0.1) is 0 Å². The third-order valence-electron chi connectivity index (χ3n) is 5.32. The minimum atomic E-state index is -0.379. The van der Waals surface area contributed by atoms with Crippen molar-refractivity contribution in [2.75, 3.05) is 27.2 Å². The Balaban J connectivity index is 1.96. The van der Waals surface area contributed by atoms with Crippen molar-refractivity contribution in [3.8, 4) is 0 Å². The number of nitrogens with two attached hydrogens (primary N) is 1. The number of hydrogen-bond acceptors (Lipinski definition) is 3. The lowest BCUT2D eigenvalue weighted by Crippen LogP contribution is -2.48. The third kappa shape index (κ3) is 3.39. The van der Waals surface area contributed by atoms with E-state index in [9.17, 15) is 9.59 Å².